The quantitative estimate of drug-likeness (QED) is 0.796. The molecule has 2 atom stereocenters. The summed E-state index contributed by atoms with van der Waals surface area (Å²) in [6, 6.07) is 0.277. The molecule has 2 fully saturated rings. The molecule has 5 heteroatoms. The minimum Gasteiger partial charge on any atom is -0.481 e. The van der Waals surface area contributed by atoms with Crippen molar-refractivity contribution in [2.75, 3.05) is 19.8 Å². The normalized spacial score (nSPS) is 28.6. The summed E-state index contributed by atoms with van der Waals surface area (Å²) in [5, 5.41) is 8.61. The van der Waals surface area contributed by atoms with Crippen molar-refractivity contribution in [3.63, 3.8) is 0 Å². The predicted octanol–water partition coefficient (Wildman–Crippen LogP) is 0.879. The zero-order valence-electron chi connectivity index (χ0n) is 9.93. The fraction of sp³-hybridized carbons (Fsp3) is 0.833. The van der Waals surface area contributed by atoms with Crippen LogP contribution < -0.4 is 0 Å². The summed E-state index contributed by atoms with van der Waals surface area (Å²) in [5.41, 5.74) is 0. The van der Waals surface area contributed by atoms with Crippen molar-refractivity contribution in [1.29, 1.82) is 0 Å². The lowest BCUT2D eigenvalue weighted by Crippen LogP contribution is -2.42. The first-order valence-corrected chi connectivity index (χ1v) is 6.27. The number of fused-ring (bicyclic) bond motifs is 1. The molecule has 1 N–H and O–H groups in total. The molecule has 0 aromatic heterocycles. The Labute approximate surface area is 101 Å². The van der Waals surface area contributed by atoms with Gasteiger partial charge in [0.25, 0.3) is 0 Å². The number of carboxylic acids is 1. The molecule has 0 aromatic carbocycles. The lowest BCUT2D eigenvalue weighted by molar-refractivity contribution is -0.141. The number of hydrogen-bond donors (Lipinski definition) is 1. The van der Waals surface area contributed by atoms with Crippen LogP contribution in [0, 0.1) is 5.92 Å². The molecule has 2 aliphatic rings. The molecule has 1 heterocycles. The minimum absolute atomic E-state index is 0.0326. The molecular formula is C12H19NO4. The van der Waals surface area contributed by atoms with Gasteiger partial charge < -0.3 is 14.7 Å². The Bertz CT molecular complexity index is 305. The molecule has 2 rings (SSSR count). The molecule has 96 valence electrons. The maximum absolute atomic E-state index is 12.0. The molecular weight excluding hydrogens is 222 g/mol. The van der Waals surface area contributed by atoms with E-state index in [1.807, 2.05) is 4.90 Å². The monoisotopic (exact) mass is 241 g/mol. The Balaban J connectivity index is 1.96. The highest BCUT2D eigenvalue weighted by molar-refractivity contribution is 5.81. The summed E-state index contributed by atoms with van der Waals surface area (Å²) in [6.07, 6.45) is 3.33. The summed E-state index contributed by atoms with van der Waals surface area (Å²) >= 11 is 0. The molecule has 0 bridgehead atoms. The van der Waals surface area contributed by atoms with Gasteiger partial charge in [0.05, 0.1) is 19.6 Å². The van der Waals surface area contributed by atoms with Crippen molar-refractivity contribution in [2.24, 2.45) is 5.92 Å². The van der Waals surface area contributed by atoms with Crippen molar-refractivity contribution in [1.82, 2.24) is 4.90 Å². The summed E-state index contributed by atoms with van der Waals surface area (Å²) in [4.78, 5) is 24.3. The van der Waals surface area contributed by atoms with Gasteiger partial charge in [-0.2, -0.15) is 0 Å². The third-order valence-corrected chi connectivity index (χ3v) is 3.70. The van der Waals surface area contributed by atoms with Crippen molar-refractivity contribution < 1.29 is 19.4 Å². The molecule has 17 heavy (non-hydrogen) atoms. The minimum atomic E-state index is -0.910. The number of ether oxygens (including phenoxy) is 1. The SMILES string of the molecule is O=C(O)CCC(=O)N1CCOC[C@@H]2CCC[C@@H]21. The van der Waals surface area contributed by atoms with Gasteiger partial charge in [0.15, 0.2) is 0 Å². The topological polar surface area (TPSA) is 66.8 Å². The van der Waals surface area contributed by atoms with Crippen LogP contribution in [-0.2, 0) is 14.3 Å². The second-order valence-electron chi connectivity index (χ2n) is 4.81. The van der Waals surface area contributed by atoms with E-state index in [1.165, 1.54) is 0 Å². The van der Waals surface area contributed by atoms with E-state index in [0.29, 0.717) is 19.1 Å². The van der Waals surface area contributed by atoms with E-state index in [9.17, 15) is 9.59 Å². The second-order valence-corrected chi connectivity index (χ2v) is 4.81. The van der Waals surface area contributed by atoms with E-state index in [0.717, 1.165) is 25.9 Å². The van der Waals surface area contributed by atoms with Crippen molar-refractivity contribution >= 4 is 11.9 Å². The number of carboxylic acid groups (broad SMARTS) is 1. The maximum atomic E-state index is 12.0. The number of aliphatic carboxylic acids is 1. The molecule has 0 unspecified atom stereocenters. The first-order valence-electron chi connectivity index (χ1n) is 6.27. The molecule has 1 aliphatic heterocycles. The number of amides is 1. The van der Waals surface area contributed by atoms with Crippen LogP contribution in [0.1, 0.15) is 32.1 Å². The van der Waals surface area contributed by atoms with Gasteiger partial charge in [0.2, 0.25) is 5.91 Å². The van der Waals surface area contributed by atoms with Crippen LogP contribution in [0.15, 0.2) is 0 Å². The van der Waals surface area contributed by atoms with E-state index in [2.05, 4.69) is 0 Å². The van der Waals surface area contributed by atoms with Gasteiger partial charge >= 0.3 is 5.97 Å². The third kappa shape index (κ3) is 2.97. The average Bonchev–Trinajstić information content (AvgIpc) is 2.66. The fourth-order valence-corrected chi connectivity index (χ4v) is 2.85. The molecule has 0 radical (unpaired) electrons. The lowest BCUT2D eigenvalue weighted by Gasteiger charge is -2.29. The fourth-order valence-electron chi connectivity index (χ4n) is 2.85. The van der Waals surface area contributed by atoms with E-state index in [4.69, 9.17) is 9.84 Å². The van der Waals surface area contributed by atoms with Crippen LogP contribution in [0.2, 0.25) is 0 Å². The van der Waals surface area contributed by atoms with Crippen molar-refractivity contribution in [3.05, 3.63) is 0 Å². The van der Waals surface area contributed by atoms with Gasteiger partial charge in [-0.1, -0.05) is 6.42 Å². The summed E-state index contributed by atoms with van der Waals surface area (Å²) in [5.74, 6) is -0.492. The standard InChI is InChI=1S/C12H19NO4/c14-11(4-5-12(15)16)13-6-7-17-8-9-2-1-3-10(9)13/h9-10H,1-8H2,(H,15,16)/t9-,10-/m0/s1. The van der Waals surface area contributed by atoms with Gasteiger partial charge in [-0.15, -0.1) is 0 Å². The van der Waals surface area contributed by atoms with Crippen LogP contribution in [0.4, 0.5) is 0 Å². The van der Waals surface area contributed by atoms with E-state index >= 15 is 0 Å². The summed E-state index contributed by atoms with van der Waals surface area (Å²) in [7, 11) is 0. The Morgan fingerprint density at radius 2 is 2.12 bits per heavy atom. The van der Waals surface area contributed by atoms with Gasteiger partial charge in [0.1, 0.15) is 0 Å². The van der Waals surface area contributed by atoms with Gasteiger partial charge in [0, 0.05) is 24.9 Å². The second kappa shape index (κ2) is 5.49. The molecule has 0 aromatic rings. The van der Waals surface area contributed by atoms with Crippen LogP contribution >= 0.6 is 0 Å². The number of hydrogen-bond acceptors (Lipinski definition) is 3. The van der Waals surface area contributed by atoms with Gasteiger partial charge in [-0.05, 0) is 12.8 Å². The van der Waals surface area contributed by atoms with Crippen LogP contribution in [0.3, 0.4) is 0 Å². The first kappa shape index (κ1) is 12.4. The summed E-state index contributed by atoms with van der Waals surface area (Å²) < 4.78 is 5.50. The Morgan fingerprint density at radius 1 is 1.29 bits per heavy atom. The number of carbonyl (C=O) groups excluding carboxylic acids is 1. The number of rotatable bonds is 3. The van der Waals surface area contributed by atoms with Crippen molar-refractivity contribution in [3.8, 4) is 0 Å². The Morgan fingerprint density at radius 3 is 2.88 bits per heavy atom. The largest absolute Gasteiger partial charge is 0.481 e. The molecule has 1 aliphatic carbocycles. The first-order chi connectivity index (χ1) is 8.18. The highest BCUT2D eigenvalue weighted by atomic mass is 16.5. The van der Waals surface area contributed by atoms with Crippen molar-refractivity contribution in [2.45, 2.75) is 38.1 Å². The molecule has 1 saturated carbocycles. The van der Waals surface area contributed by atoms with E-state index in [1.54, 1.807) is 0 Å². The van der Waals surface area contributed by atoms with Gasteiger partial charge in [-0.3, -0.25) is 9.59 Å². The Kier molecular flexibility index (Phi) is 3.99. The highest BCUT2D eigenvalue weighted by Crippen LogP contribution is 2.32. The molecule has 1 saturated heterocycles. The van der Waals surface area contributed by atoms with Gasteiger partial charge in [-0.25, -0.2) is 0 Å². The maximum Gasteiger partial charge on any atom is 0.303 e. The zero-order valence-corrected chi connectivity index (χ0v) is 9.93. The molecule has 1 amide bonds. The van der Waals surface area contributed by atoms with E-state index < -0.39 is 5.97 Å². The zero-order chi connectivity index (χ0) is 12.3. The summed E-state index contributed by atoms with van der Waals surface area (Å²) in [6.45, 7) is 1.93. The third-order valence-electron chi connectivity index (χ3n) is 3.70. The average molecular weight is 241 g/mol. The highest BCUT2D eigenvalue weighted by Gasteiger charge is 2.36. The lowest BCUT2D eigenvalue weighted by atomic mass is 10.0. The van der Waals surface area contributed by atoms with Crippen LogP contribution in [0.5, 0.6) is 0 Å². The van der Waals surface area contributed by atoms with Crippen LogP contribution in [0.25, 0.3) is 0 Å². The number of nitrogens with zero attached hydrogens (tertiary/aromatic N) is 1. The van der Waals surface area contributed by atoms with E-state index in [-0.39, 0.29) is 24.8 Å². The Hall–Kier alpha value is -1.10. The molecule has 0 spiro atoms. The molecule has 5 nitrogen and oxygen atoms in total. The smallest absolute Gasteiger partial charge is 0.303 e. The van der Waals surface area contributed by atoms with Crippen LogP contribution in [-0.4, -0.2) is 47.7 Å². The number of carbonyl (C=O) groups is 2. The predicted molar refractivity (Wildman–Crippen MR) is 60.5 cm³/mol.